The Morgan fingerprint density at radius 3 is 2.50 bits per heavy atom. The summed E-state index contributed by atoms with van der Waals surface area (Å²) in [6, 6.07) is 10.8. The van der Waals surface area contributed by atoms with Gasteiger partial charge in [0.25, 0.3) is 0 Å². The van der Waals surface area contributed by atoms with E-state index in [9.17, 15) is 14.7 Å². The van der Waals surface area contributed by atoms with Gasteiger partial charge in [-0.1, -0.05) is 25.1 Å². The van der Waals surface area contributed by atoms with Crippen LogP contribution in [0.2, 0.25) is 0 Å². The Morgan fingerprint density at radius 2 is 1.92 bits per heavy atom. The molecule has 0 spiro atoms. The van der Waals surface area contributed by atoms with Crippen LogP contribution >= 0.6 is 0 Å². The van der Waals surface area contributed by atoms with E-state index in [0.29, 0.717) is 25.4 Å². The highest BCUT2D eigenvalue weighted by atomic mass is 16.5. The number of carboxylic acid groups (broad SMARTS) is 1. The average Bonchev–Trinajstić information content (AvgIpc) is 3.15. The molecule has 0 bridgehead atoms. The van der Waals surface area contributed by atoms with Crippen molar-refractivity contribution in [1.29, 1.82) is 0 Å². The van der Waals surface area contributed by atoms with Gasteiger partial charge < -0.3 is 14.7 Å². The number of carboxylic acids is 1. The molecule has 1 amide bonds. The Morgan fingerprint density at radius 1 is 1.23 bits per heavy atom. The molecule has 1 saturated heterocycles. The minimum absolute atomic E-state index is 0.0131. The number of amides is 1. The Hall–Kier alpha value is -2.83. The summed E-state index contributed by atoms with van der Waals surface area (Å²) in [4.78, 5) is 26.2. The first-order valence-corrected chi connectivity index (χ1v) is 8.74. The summed E-state index contributed by atoms with van der Waals surface area (Å²) in [6.07, 6.45) is 4.03. The van der Waals surface area contributed by atoms with Crippen molar-refractivity contribution in [2.45, 2.75) is 31.9 Å². The zero-order chi connectivity index (χ0) is 18.6. The van der Waals surface area contributed by atoms with Gasteiger partial charge in [-0.3, -0.25) is 9.48 Å². The average molecular weight is 357 g/mol. The molecule has 1 fully saturated rings. The summed E-state index contributed by atoms with van der Waals surface area (Å²) < 4.78 is 7.56. The van der Waals surface area contributed by atoms with Gasteiger partial charge in [-0.2, -0.15) is 5.10 Å². The largest absolute Gasteiger partial charge is 0.478 e. The highest BCUT2D eigenvalue weighted by Crippen LogP contribution is 2.30. The first kappa shape index (κ1) is 18.0. The number of carbonyl (C=O) groups is 2. The third-order valence-electron chi connectivity index (χ3n) is 4.77. The first-order valence-electron chi connectivity index (χ1n) is 8.74. The monoisotopic (exact) mass is 357 g/mol. The van der Waals surface area contributed by atoms with E-state index in [1.54, 1.807) is 40.0 Å². The number of hydrogen-bond donors (Lipinski definition) is 1. The molecule has 138 valence electrons. The van der Waals surface area contributed by atoms with Gasteiger partial charge in [0, 0.05) is 38.3 Å². The number of carbonyl (C=O) groups excluding carboxylic acids is 1. The molecule has 1 atom stereocenters. The fraction of sp³-hybridized carbons (Fsp3) is 0.421. The topological polar surface area (TPSA) is 84.7 Å². The Labute approximate surface area is 152 Å². The van der Waals surface area contributed by atoms with Gasteiger partial charge >= 0.3 is 5.97 Å². The third-order valence-corrected chi connectivity index (χ3v) is 4.77. The van der Waals surface area contributed by atoms with Gasteiger partial charge in [-0.15, -0.1) is 0 Å². The minimum atomic E-state index is -1.29. The summed E-state index contributed by atoms with van der Waals surface area (Å²) >= 11 is 0. The number of ether oxygens (including phenoxy) is 1. The molecule has 0 saturated carbocycles. The van der Waals surface area contributed by atoms with Gasteiger partial charge in [-0.05, 0) is 18.2 Å². The quantitative estimate of drug-likeness (QED) is 0.855. The van der Waals surface area contributed by atoms with E-state index in [2.05, 4.69) is 5.10 Å². The molecule has 1 aromatic carbocycles. The van der Waals surface area contributed by atoms with Gasteiger partial charge in [-0.25, -0.2) is 4.79 Å². The number of hydrogen-bond acceptors (Lipinski definition) is 4. The number of para-hydroxylation sites is 1. The van der Waals surface area contributed by atoms with Crippen molar-refractivity contribution in [3.05, 3.63) is 48.8 Å². The Bertz CT molecular complexity index is 737. The fourth-order valence-corrected chi connectivity index (χ4v) is 3.24. The second-order valence-electron chi connectivity index (χ2n) is 6.67. The van der Waals surface area contributed by atoms with E-state index in [4.69, 9.17) is 4.74 Å². The standard InChI is InChI=1S/C19H23N3O4/c1-15(14-22-11-5-10-20-22)17(23)21-12-8-19(9-13-21,18(24)25)26-16-6-3-2-4-7-16/h2-7,10-11,15H,8-9,12-14H2,1H3,(H,24,25). The van der Waals surface area contributed by atoms with E-state index in [1.807, 2.05) is 25.3 Å². The van der Waals surface area contributed by atoms with Gasteiger partial charge in [0.15, 0.2) is 0 Å². The second-order valence-corrected chi connectivity index (χ2v) is 6.67. The van der Waals surface area contributed by atoms with Crippen LogP contribution in [-0.4, -0.2) is 50.4 Å². The molecule has 0 aliphatic carbocycles. The van der Waals surface area contributed by atoms with E-state index < -0.39 is 11.6 Å². The van der Waals surface area contributed by atoms with Crippen LogP contribution in [0.25, 0.3) is 0 Å². The molecule has 1 unspecified atom stereocenters. The van der Waals surface area contributed by atoms with Gasteiger partial charge in [0.1, 0.15) is 5.75 Å². The zero-order valence-electron chi connectivity index (χ0n) is 14.7. The summed E-state index contributed by atoms with van der Waals surface area (Å²) in [5, 5.41) is 13.8. The van der Waals surface area contributed by atoms with Crippen LogP contribution in [0.3, 0.4) is 0 Å². The molecule has 1 aliphatic heterocycles. The van der Waals surface area contributed by atoms with Crippen LogP contribution < -0.4 is 4.74 Å². The van der Waals surface area contributed by atoms with E-state index in [-0.39, 0.29) is 24.7 Å². The van der Waals surface area contributed by atoms with Gasteiger partial charge in [0.05, 0.1) is 12.5 Å². The summed E-state index contributed by atoms with van der Waals surface area (Å²) in [5.41, 5.74) is -1.29. The van der Waals surface area contributed by atoms with Crippen molar-refractivity contribution in [2.75, 3.05) is 13.1 Å². The van der Waals surface area contributed by atoms with Crippen LogP contribution in [0.5, 0.6) is 5.75 Å². The minimum Gasteiger partial charge on any atom is -0.478 e. The number of piperidine rings is 1. The molecule has 7 heteroatoms. The number of rotatable bonds is 6. The second kappa shape index (κ2) is 7.59. The molecule has 1 aliphatic rings. The van der Waals surface area contributed by atoms with Crippen molar-refractivity contribution in [2.24, 2.45) is 5.92 Å². The molecular formula is C19H23N3O4. The van der Waals surface area contributed by atoms with Crippen LogP contribution in [-0.2, 0) is 16.1 Å². The molecule has 7 nitrogen and oxygen atoms in total. The summed E-state index contributed by atoms with van der Waals surface area (Å²) in [7, 11) is 0. The molecule has 2 aromatic rings. The summed E-state index contributed by atoms with van der Waals surface area (Å²) in [5.74, 6) is -0.666. The number of benzene rings is 1. The lowest BCUT2D eigenvalue weighted by atomic mass is 9.90. The normalized spacial score (nSPS) is 17.5. The fourth-order valence-electron chi connectivity index (χ4n) is 3.24. The molecule has 1 N–H and O–H groups in total. The van der Waals surface area contributed by atoms with Crippen molar-refractivity contribution >= 4 is 11.9 Å². The predicted octanol–water partition coefficient (Wildman–Crippen LogP) is 2.04. The molecular weight excluding hydrogens is 334 g/mol. The van der Waals surface area contributed by atoms with E-state index in [0.717, 1.165) is 0 Å². The SMILES string of the molecule is CC(Cn1cccn1)C(=O)N1CCC(Oc2ccccc2)(C(=O)O)CC1. The smallest absolute Gasteiger partial charge is 0.348 e. The lowest BCUT2D eigenvalue weighted by Gasteiger charge is -2.39. The Balaban J connectivity index is 1.62. The van der Waals surface area contributed by atoms with Crippen LogP contribution in [0.4, 0.5) is 0 Å². The number of aliphatic carboxylic acids is 1. The van der Waals surface area contributed by atoms with E-state index in [1.165, 1.54) is 0 Å². The number of aromatic nitrogens is 2. The number of nitrogens with zero attached hydrogens (tertiary/aromatic N) is 3. The molecule has 3 rings (SSSR count). The maximum absolute atomic E-state index is 12.7. The maximum atomic E-state index is 12.7. The lowest BCUT2D eigenvalue weighted by molar-refractivity contribution is -0.162. The molecule has 26 heavy (non-hydrogen) atoms. The molecule has 0 radical (unpaired) electrons. The molecule has 2 heterocycles. The van der Waals surface area contributed by atoms with Crippen LogP contribution in [0, 0.1) is 5.92 Å². The van der Waals surface area contributed by atoms with Crippen molar-refractivity contribution in [1.82, 2.24) is 14.7 Å². The van der Waals surface area contributed by atoms with Crippen molar-refractivity contribution < 1.29 is 19.4 Å². The summed E-state index contributed by atoms with van der Waals surface area (Å²) in [6.45, 7) is 3.10. The Kier molecular flexibility index (Phi) is 5.25. The van der Waals surface area contributed by atoms with Crippen molar-refractivity contribution in [3.8, 4) is 5.75 Å². The van der Waals surface area contributed by atoms with Crippen LogP contribution in [0.15, 0.2) is 48.8 Å². The first-order chi connectivity index (χ1) is 12.5. The maximum Gasteiger partial charge on any atom is 0.348 e. The van der Waals surface area contributed by atoms with E-state index >= 15 is 0 Å². The van der Waals surface area contributed by atoms with Gasteiger partial charge in [0.2, 0.25) is 11.5 Å². The molecule has 1 aromatic heterocycles. The third kappa shape index (κ3) is 3.87. The lowest BCUT2D eigenvalue weighted by Crippen LogP contribution is -2.55. The zero-order valence-corrected chi connectivity index (χ0v) is 14.7. The van der Waals surface area contributed by atoms with Crippen molar-refractivity contribution in [3.63, 3.8) is 0 Å². The number of likely N-dealkylation sites (tertiary alicyclic amines) is 1. The predicted molar refractivity (Wildman–Crippen MR) is 94.6 cm³/mol. The van der Waals surface area contributed by atoms with Crippen LogP contribution in [0.1, 0.15) is 19.8 Å². The highest BCUT2D eigenvalue weighted by Gasteiger charge is 2.45. The highest BCUT2D eigenvalue weighted by molar-refractivity contribution is 5.81.